The van der Waals surface area contributed by atoms with E-state index in [1.54, 1.807) is 30.3 Å². The van der Waals surface area contributed by atoms with Crippen LogP contribution in [0.25, 0.3) is 11.0 Å². The predicted octanol–water partition coefficient (Wildman–Crippen LogP) is 3.63. The van der Waals surface area contributed by atoms with Crippen LogP contribution in [0, 0.1) is 0 Å². The number of hydrogen-bond acceptors (Lipinski definition) is 2. The van der Waals surface area contributed by atoms with Gasteiger partial charge in [0.1, 0.15) is 0 Å². The van der Waals surface area contributed by atoms with Crippen molar-refractivity contribution in [3.05, 3.63) is 61.4 Å². The number of halogens is 2. The molecule has 3 N–H and O–H groups in total. The maximum absolute atomic E-state index is 12.2. The number of aromatic amines is 2. The molecule has 1 aromatic heterocycles. The highest BCUT2D eigenvalue weighted by Crippen LogP contribution is 2.27. The zero-order valence-corrected chi connectivity index (χ0v) is 13.7. The van der Waals surface area contributed by atoms with E-state index in [1.165, 1.54) is 0 Å². The van der Waals surface area contributed by atoms with Crippen LogP contribution in [0.1, 0.15) is 10.4 Å². The van der Waals surface area contributed by atoms with Crippen LogP contribution in [-0.4, -0.2) is 15.9 Å². The summed E-state index contributed by atoms with van der Waals surface area (Å²) in [7, 11) is 0. The molecule has 0 aliphatic heterocycles. The van der Waals surface area contributed by atoms with Crippen molar-refractivity contribution in [3.8, 4) is 0 Å². The average molecular weight is 411 g/mol. The number of H-pyrrole nitrogens is 2. The summed E-state index contributed by atoms with van der Waals surface area (Å²) >= 11 is 6.71. The number of rotatable bonds is 2. The highest BCUT2D eigenvalue weighted by molar-refractivity contribution is 9.10. The molecule has 7 heteroatoms. The number of nitrogens with one attached hydrogen (secondary N) is 3. The first-order chi connectivity index (χ1) is 10.0. The van der Waals surface area contributed by atoms with Gasteiger partial charge in [0.25, 0.3) is 5.91 Å². The summed E-state index contributed by atoms with van der Waals surface area (Å²) in [5.74, 6) is -0.228. The third-order valence-electron chi connectivity index (χ3n) is 2.94. The van der Waals surface area contributed by atoms with E-state index in [-0.39, 0.29) is 11.6 Å². The molecule has 0 atom stereocenters. The fraction of sp³-hybridized carbons (Fsp3) is 0. The van der Waals surface area contributed by atoms with Crippen LogP contribution in [0.2, 0.25) is 0 Å². The minimum atomic E-state index is -0.285. The molecular weight excluding hydrogens is 402 g/mol. The van der Waals surface area contributed by atoms with Crippen molar-refractivity contribution in [1.29, 1.82) is 0 Å². The summed E-state index contributed by atoms with van der Waals surface area (Å²) in [5.41, 5.74) is 2.15. The van der Waals surface area contributed by atoms with Gasteiger partial charge in [-0.25, -0.2) is 4.79 Å². The first-order valence-corrected chi connectivity index (χ1v) is 7.60. The predicted molar refractivity (Wildman–Crippen MR) is 88.7 cm³/mol. The van der Waals surface area contributed by atoms with Crippen LogP contribution in [0.4, 0.5) is 5.69 Å². The monoisotopic (exact) mass is 409 g/mol. The molecule has 0 bridgehead atoms. The van der Waals surface area contributed by atoms with E-state index in [2.05, 4.69) is 47.1 Å². The Bertz CT molecular complexity index is 899. The Morgan fingerprint density at radius 2 is 1.76 bits per heavy atom. The summed E-state index contributed by atoms with van der Waals surface area (Å²) < 4.78 is 1.52. The maximum Gasteiger partial charge on any atom is 0.323 e. The highest BCUT2D eigenvalue weighted by Gasteiger charge is 2.10. The van der Waals surface area contributed by atoms with E-state index in [0.717, 1.165) is 4.47 Å². The summed E-state index contributed by atoms with van der Waals surface area (Å²) in [4.78, 5) is 28.8. The van der Waals surface area contributed by atoms with Gasteiger partial charge in [-0.15, -0.1) is 0 Å². The Morgan fingerprint density at radius 1 is 1.05 bits per heavy atom. The Hall–Kier alpha value is -1.86. The van der Waals surface area contributed by atoms with Crippen molar-refractivity contribution in [3.63, 3.8) is 0 Å². The number of benzene rings is 2. The van der Waals surface area contributed by atoms with Crippen molar-refractivity contribution in [1.82, 2.24) is 9.97 Å². The van der Waals surface area contributed by atoms with E-state index in [0.29, 0.717) is 26.8 Å². The Labute approximate surface area is 136 Å². The lowest BCUT2D eigenvalue weighted by molar-refractivity contribution is 0.102. The second kappa shape index (κ2) is 5.50. The zero-order chi connectivity index (χ0) is 15.0. The first kappa shape index (κ1) is 14.1. The molecule has 1 heterocycles. The van der Waals surface area contributed by atoms with Crippen molar-refractivity contribution < 1.29 is 4.79 Å². The summed E-state index contributed by atoms with van der Waals surface area (Å²) in [5, 5.41) is 2.81. The number of fused-ring (bicyclic) bond motifs is 1. The van der Waals surface area contributed by atoms with E-state index in [1.807, 2.05) is 6.07 Å². The Balaban J connectivity index is 1.95. The smallest absolute Gasteiger partial charge is 0.321 e. The van der Waals surface area contributed by atoms with Crippen molar-refractivity contribution >= 4 is 54.5 Å². The van der Waals surface area contributed by atoms with Gasteiger partial charge in [0.2, 0.25) is 0 Å². The molecule has 0 unspecified atom stereocenters. The molecule has 3 rings (SSSR count). The highest BCUT2D eigenvalue weighted by atomic mass is 79.9. The van der Waals surface area contributed by atoms with Crippen LogP contribution >= 0.6 is 31.9 Å². The molecule has 1 amide bonds. The standard InChI is InChI=1S/C14H9Br2N3O2/c15-8-3-1-2-7(4-8)13(20)17-10-6-12-11(5-9(10)16)18-14(21)19-12/h1-6H,(H,17,20)(H2,18,19,21). The third kappa shape index (κ3) is 2.93. The molecule has 0 fully saturated rings. The van der Waals surface area contributed by atoms with Gasteiger partial charge in [0.15, 0.2) is 0 Å². The molecule has 0 spiro atoms. The number of aromatic nitrogens is 2. The maximum atomic E-state index is 12.2. The van der Waals surface area contributed by atoms with Crippen LogP contribution in [0.15, 0.2) is 50.1 Å². The first-order valence-electron chi connectivity index (χ1n) is 6.01. The Kier molecular flexibility index (Phi) is 3.69. The van der Waals surface area contributed by atoms with E-state index in [9.17, 15) is 9.59 Å². The van der Waals surface area contributed by atoms with E-state index in [4.69, 9.17) is 0 Å². The van der Waals surface area contributed by atoms with E-state index >= 15 is 0 Å². The van der Waals surface area contributed by atoms with Crippen molar-refractivity contribution in [2.24, 2.45) is 0 Å². The van der Waals surface area contributed by atoms with Gasteiger partial charge in [-0.1, -0.05) is 22.0 Å². The lowest BCUT2D eigenvalue weighted by Crippen LogP contribution is -2.12. The number of carbonyl (C=O) groups excluding carboxylic acids is 1. The van der Waals surface area contributed by atoms with Gasteiger partial charge in [0, 0.05) is 14.5 Å². The van der Waals surface area contributed by atoms with Gasteiger partial charge < -0.3 is 15.3 Å². The second-order valence-corrected chi connectivity index (χ2v) is 6.19. The molecule has 0 aliphatic rings. The number of anilines is 1. The topological polar surface area (TPSA) is 77.8 Å². The van der Waals surface area contributed by atoms with Crippen LogP contribution in [0.3, 0.4) is 0 Å². The molecule has 0 aliphatic carbocycles. The fourth-order valence-electron chi connectivity index (χ4n) is 1.98. The van der Waals surface area contributed by atoms with Gasteiger partial charge in [-0.2, -0.15) is 0 Å². The van der Waals surface area contributed by atoms with Crippen LogP contribution < -0.4 is 11.0 Å². The second-order valence-electron chi connectivity index (χ2n) is 4.42. The lowest BCUT2D eigenvalue weighted by atomic mass is 10.2. The van der Waals surface area contributed by atoms with Gasteiger partial charge >= 0.3 is 5.69 Å². The van der Waals surface area contributed by atoms with Crippen molar-refractivity contribution in [2.45, 2.75) is 0 Å². The lowest BCUT2D eigenvalue weighted by Gasteiger charge is -2.08. The normalized spacial score (nSPS) is 10.8. The zero-order valence-electron chi connectivity index (χ0n) is 10.5. The van der Waals surface area contributed by atoms with Crippen molar-refractivity contribution in [2.75, 3.05) is 5.32 Å². The molecule has 5 nitrogen and oxygen atoms in total. The minimum Gasteiger partial charge on any atom is -0.321 e. The molecular formula is C14H9Br2N3O2. The van der Waals surface area contributed by atoms with Gasteiger partial charge in [0.05, 0.1) is 16.7 Å². The quantitative estimate of drug-likeness (QED) is 0.603. The molecule has 3 aromatic rings. The molecule has 0 radical (unpaired) electrons. The molecule has 21 heavy (non-hydrogen) atoms. The van der Waals surface area contributed by atoms with Crippen LogP contribution in [-0.2, 0) is 0 Å². The average Bonchev–Trinajstić information content (AvgIpc) is 2.78. The van der Waals surface area contributed by atoms with Gasteiger partial charge in [-0.05, 0) is 46.3 Å². The summed E-state index contributed by atoms with van der Waals surface area (Å²) in [6.07, 6.45) is 0. The third-order valence-corrected chi connectivity index (χ3v) is 4.09. The SMILES string of the molecule is O=C(Nc1cc2[nH]c(=O)[nH]c2cc1Br)c1cccc(Br)c1. The molecule has 0 saturated heterocycles. The number of hydrogen-bond donors (Lipinski definition) is 3. The Morgan fingerprint density at radius 3 is 2.48 bits per heavy atom. The number of imidazole rings is 1. The van der Waals surface area contributed by atoms with Gasteiger partial charge in [-0.3, -0.25) is 4.79 Å². The largest absolute Gasteiger partial charge is 0.323 e. The molecule has 106 valence electrons. The number of carbonyl (C=O) groups is 1. The molecule has 0 saturated carbocycles. The number of amides is 1. The molecule has 2 aromatic carbocycles. The van der Waals surface area contributed by atoms with Crippen LogP contribution in [0.5, 0.6) is 0 Å². The summed E-state index contributed by atoms with van der Waals surface area (Å²) in [6, 6.07) is 10.5. The summed E-state index contributed by atoms with van der Waals surface area (Å²) in [6.45, 7) is 0. The minimum absolute atomic E-state index is 0.228. The van der Waals surface area contributed by atoms with E-state index < -0.39 is 0 Å². The fourth-order valence-corrected chi connectivity index (χ4v) is 2.82.